The molecule has 1 aliphatic rings. The lowest BCUT2D eigenvalue weighted by Gasteiger charge is -2.34. The van der Waals surface area contributed by atoms with Crippen LogP contribution >= 0.6 is 0 Å². The molecule has 112 valence electrons. The van der Waals surface area contributed by atoms with Gasteiger partial charge in [-0.25, -0.2) is 0 Å². The minimum atomic E-state index is -0.0325. The van der Waals surface area contributed by atoms with Gasteiger partial charge in [-0.1, -0.05) is 18.2 Å². The molecule has 1 aromatic heterocycles. The number of hydrogen-bond donors (Lipinski definition) is 1. The molecule has 1 aliphatic heterocycles. The smallest absolute Gasteiger partial charge is 0.255 e. The van der Waals surface area contributed by atoms with Gasteiger partial charge in [0.15, 0.2) is 0 Å². The Morgan fingerprint density at radius 2 is 2.19 bits per heavy atom. The molecule has 2 aromatic rings. The second-order valence-electron chi connectivity index (χ2n) is 5.47. The maximum absolute atomic E-state index is 12.5. The molecule has 0 bridgehead atoms. The third-order valence-corrected chi connectivity index (χ3v) is 4.14. The molecule has 2 heterocycles. The van der Waals surface area contributed by atoms with E-state index in [1.165, 1.54) is 0 Å². The first kappa shape index (κ1) is 14.3. The van der Waals surface area contributed by atoms with Crippen molar-refractivity contribution in [3.63, 3.8) is 0 Å². The highest BCUT2D eigenvalue weighted by Crippen LogP contribution is 2.15. The maximum atomic E-state index is 12.5. The number of ether oxygens (including phenoxy) is 1. The number of aryl methyl sites for hydroxylation is 1. The van der Waals surface area contributed by atoms with Crippen LogP contribution in [0, 0.1) is 0 Å². The number of aromatic nitrogens is 1. The molecule has 0 unspecified atom stereocenters. The second kappa shape index (κ2) is 5.97. The van der Waals surface area contributed by atoms with E-state index in [2.05, 4.69) is 4.90 Å². The van der Waals surface area contributed by atoms with E-state index in [1.807, 2.05) is 30.3 Å². The van der Waals surface area contributed by atoms with E-state index >= 15 is 0 Å². The van der Waals surface area contributed by atoms with Crippen molar-refractivity contribution in [2.45, 2.75) is 12.6 Å². The van der Waals surface area contributed by atoms with Crippen LogP contribution in [0.3, 0.4) is 0 Å². The Bertz CT molecular complexity index is 695. The predicted octanol–water partition coefficient (Wildman–Crippen LogP) is 0.732. The summed E-state index contributed by atoms with van der Waals surface area (Å²) in [5, 5.41) is 10.5. The molecule has 0 radical (unpaired) electrons. The van der Waals surface area contributed by atoms with Crippen molar-refractivity contribution in [3.8, 4) is 0 Å². The molecule has 0 spiro atoms. The third-order valence-electron chi connectivity index (χ3n) is 4.14. The quantitative estimate of drug-likeness (QED) is 0.905. The second-order valence-corrected chi connectivity index (χ2v) is 5.47. The maximum Gasteiger partial charge on any atom is 0.255 e. The van der Waals surface area contributed by atoms with Crippen LogP contribution in [0.2, 0.25) is 0 Å². The fourth-order valence-electron chi connectivity index (χ4n) is 2.89. The number of hydrogen-bond acceptors (Lipinski definition) is 4. The number of rotatable bonds is 3. The van der Waals surface area contributed by atoms with Crippen molar-refractivity contribution in [2.24, 2.45) is 7.05 Å². The van der Waals surface area contributed by atoms with Crippen LogP contribution in [0.5, 0.6) is 0 Å². The normalized spacial score (nSPS) is 20.0. The molecule has 1 N–H and O–H groups in total. The van der Waals surface area contributed by atoms with Crippen molar-refractivity contribution in [3.05, 3.63) is 46.2 Å². The molecule has 0 amide bonds. The molecule has 1 atom stereocenters. The molecule has 5 heteroatoms. The Labute approximate surface area is 123 Å². The number of para-hydroxylation sites is 1. The molecule has 1 saturated heterocycles. The molecule has 1 aromatic carbocycles. The molecule has 5 nitrogen and oxygen atoms in total. The van der Waals surface area contributed by atoms with E-state index in [1.54, 1.807) is 11.6 Å². The first-order chi connectivity index (χ1) is 10.2. The van der Waals surface area contributed by atoms with E-state index in [-0.39, 0.29) is 18.2 Å². The first-order valence-corrected chi connectivity index (χ1v) is 7.21. The Morgan fingerprint density at radius 1 is 1.38 bits per heavy atom. The van der Waals surface area contributed by atoms with Gasteiger partial charge in [-0.2, -0.15) is 0 Å². The largest absolute Gasteiger partial charge is 0.395 e. The number of pyridine rings is 1. The van der Waals surface area contributed by atoms with Gasteiger partial charge < -0.3 is 14.4 Å². The number of fused-ring (bicyclic) bond motifs is 1. The van der Waals surface area contributed by atoms with Gasteiger partial charge in [0, 0.05) is 25.7 Å². The van der Waals surface area contributed by atoms with Crippen molar-refractivity contribution < 1.29 is 9.84 Å². The van der Waals surface area contributed by atoms with E-state index < -0.39 is 0 Å². The monoisotopic (exact) mass is 288 g/mol. The fourth-order valence-corrected chi connectivity index (χ4v) is 2.89. The highest BCUT2D eigenvalue weighted by Gasteiger charge is 2.23. The van der Waals surface area contributed by atoms with Crippen molar-refractivity contribution >= 4 is 10.9 Å². The average Bonchev–Trinajstić information content (AvgIpc) is 2.53. The van der Waals surface area contributed by atoms with Crippen LogP contribution in [-0.2, 0) is 18.3 Å². The molecule has 1 fully saturated rings. The highest BCUT2D eigenvalue weighted by molar-refractivity contribution is 5.79. The molecule has 0 saturated carbocycles. The van der Waals surface area contributed by atoms with Crippen LogP contribution in [-0.4, -0.2) is 47.0 Å². The molecular weight excluding hydrogens is 268 g/mol. The standard InChI is InChI=1S/C16H20N2O3/c1-17-15-5-3-2-4-12(15)8-13(16(17)20)9-18-6-7-21-11-14(18)10-19/h2-5,8,14,19H,6-7,9-11H2,1H3/t14-/m0/s1. The first-order valence-electron chi connectivity index (χ1n) is 7.21. The van der Waals surface area contributed by atoms with Crippen molar-refractivity contribution in [1.29, 1.82) is 0 Å². The van der Waals surface area contributed by atoms with Gasteiger partial charge >= 0.3 is 0 Å². The lowest BCUT2D eigenvalue weighted by molar-refractivity contribution is -0.0314. The van der Waals surface area contributed by atoms with Gasteiger partial charge in [-0.3, -0.25) is 9.69 Å². The average molecular weight is 288 g/mol. The number of nitrogens with zero attached hydrogens (tertiary/aromatic N) is 2. The van der Waals surface area contributed by atoms with E-state index in [9.17, 15) is 9.90 Å². The third kappa shape index (κ3) is 2.72. The van der Waals surface area contributed by atoms with Crippen molar-refractivity contribution in [1.82, 2.24) is 9.47 Å². The summed E-state index contributed by atoms with van der Waals surface area (Å²) in [5.41, 5.74) is 1.72. The van der Waals surface area contributed by atoms with E-state index in [0.29, 0.717) is 19.8 Å². The van der Waals surface area contributed by atoms with Crippen LogP contribution in [0.1, 0.15) is 5.56 Å². The zero-order valence-corrected chi connectivity index (χ0v) is 12.2. The number of aliphatic hydroxyl groups excluding tert-OH is 1. The summed E-state index contributed by atoms with van der Waals surface area (Å²) < 4.78 is 7.07. The summed E-state index contributed by atoms with van der Waals surface area (Å²) >= 11 is 0. The SMILES string of the molecule is Cn1c(=O)c(CN2CCOC[C@@H]2CO)cc2ccccc21. The van der Waals surface area contributed by atoms with Crippen LogP contribution in [0.15, 0.2) is 35.1 Å². The van der Waals surface area contributed by atoms with E-state index in [4.69, 9.17) is 4.74 Å². The van der Waals surface area contributed by atoms with Gasteiger partial charge in [0.1, 0.15) is 0 Å². The summed E-state index contributed by atoms with van der Waals surface area (Å²) in [7, 11) is 1.80. The molecule has 21 heavy (non-hydrogen) atoms. The van der Waals surface area contributed by atoms with Crippen molar-refractivity contribution in [2.75, 3.05) is 26.4 Å². The molecule has 0 aliphatic carbocycles. The number of morpholine rings is 1. The Balaban J connectivity index is 1.97. The number of aliphatic hydroxyl groups is 1. The summed E-state index contributed by atoms with van der Waals surface area (Å²) in [6.07, 6.45) is 0. The number of benzene rings is 1. The van der Waals surface area contributed by atoms with Gasteiger partial charge in [0.25, 0.3) is 5.56 Å². The minimum absolute atomic E-state index is 0.0249. The Morgan fingerprint density at radius 3 is 3.00 bits per heavy atom. The molecule has 3 rings (SSSR count). The van der Waals surface area contributed by atoms with Gasteiger partial charge in [-0.05, 0) is 17.5 Å². The van der Waals surface area contributed by atoms with Crippen LogP contribution < -0.4 is 5.56 Å². The summed E-state index contributed by atoms with van der Waals surface area (Å²) in [6, 6.07) is 9.80. The van der Waals surface area contributed by atoms with Crippen LogP contribution in [0.25, 0.3) is 10.9 Å². The van der Waals surface area contributed by atoms with E-state index in [0.717, 1.165) is 23.0 Å². The minimum Gasteiger partial charge on any atom is -0.395 e. The van der Waals surface area contributed by atoms with Gasteiger partial charge in [0.05, 0.1) is 31.4 Å². The summed E-state index contributed by atoms with van der Waals surface area (Å²) in [5.74, 6) is 0. The summed E-state index contributed by atoms with van der Waals surface area (Å²) in [6.45, 7) is 2.50. The lowest BCUT2D eigenvalue weighted by Crippen LogP contribution is -2.47. The summed E-state index contributed by atoms with van der Waals surface area (Å²) in [4.78, 5) is 14.6. The molecular formula is C16H20N2O3. The topological polar surface area (TPSA) is 54.7 Å². The highest BCUT2D eigenvalue weighted by atomic mass is 16.5. The van der Waals surface area contributed by atoms with Crippen LogP contribution in [0.4, 0.5) is 0 Å². The Kier molecular flexibility index (Phi) is 4.05. The predicted molar refractivity (Wildman–Crippen MR) is 81.3 cm³/mol. The zero-order chi connectivity index (χ0) is 14.8. The lowest BCUT2D eigenvalue weighted by atomic mass is 10.1. The fraction of sp³-hybridized carbons (Fsp3) is 0.438. The van der Waals surface area contributed by atoms with Gasteiger partial charge in [-0.15, -0.1) is 0 Å². The zero-order valence-electron chi connectivity index (χ0n) is 12.2. The van der Waals surface area contributed by atoms with Gasteiger partial charge in [0.2, 0.25) is 0 Å². The Hall–Kier alpha value is -1.69.